The number of fused-ring (bicyclic) bond motifs is 1. The second kappa shape index (κ2) is 9.47. The molecule has 31 heavy (non-hydrogen) atoms. The first kappa shape index (κ1) is 21.3. The summed E-state index contributed by atoms with van der Waals surface area (Å²) in [6.07, 6.45) is 1.65. The Kier molecular flexibility index (Phi) is 6.50. The first-order valence-electron chi connectivity index (χ1n) is 10.3. The molecule has 3 aromatic rings. The van der Waals surface area contributed by atoms with E-state index in [1.54, 1.807) is 6.26 Å². The molecule has 164 valence electrons. The summed E-state index contributed by atoms with van der Waals surface area (Å²) >= 11 is 1.37. The zero-order valence-corrected chi connectivity index (χ0v) is 18.6. The smallest absolute Gasteiger partial charge is 0.230 e. The van der Waals surface area contributed by atoms with Crippen LogP contribution in [0, 0.1) is 0 Å². The lowest BCUT2D eigenvalue weighted by Gasteiger charge is -2.21. The van der Waals surface area contributed by atoms with E-state index < -0.39 is 0 Å². The third kappa shape index (κ3) is 5.04. The van der Waals surface area contributed by atoms with Crippen LogP contribution in [0.15, 0.2) is 46.2 Å². The third-order valence-corrected chi connectivity index (χ3v) is 5.90. The Hall–Kier alpha value is -2.94. The second-order valence-corrected chi connectivity index (χ2v) is 8.58. The molecule has 0 saturated heterocycles. The summed E-state index contributed by atoms with van der Waals surface area (Å²) < 4.78 is 18.7. The van der Waals surface area contributed by atoms with Gasteiger partial charge in [0.25, 0.3) is 0 Å². The lowest BCUT2D eigenvalue weighted by atomic mass is 10.1. The number of rotatable bonds is 8. The molecule has 8 nitrogen and oxygen atoms in total. The average Bonchev–Trinajstić information content (AvgIpc) is 3.42. The molecule has 9 heteroatoms. The Labute approximate surface area is 185 Å². The Balaban J connectivity index is 1.38. The highest BCUT2D eigenvalue weighted by Crippen LogP contribution is 2.32. The molecule has 1 atom stereocenters. The van der Waals surface area contributed by atoms with Crippen molar-refractivity contribution in [3.05, 3.63) is 53.7 Å². The number of carbonyl (C=O) groups is 1. The number of furan rings is 1. The van der Waals surface area contributed by atoms with E-state index in [0.717, 1.165) is 22.9 Å². The van der Waals surface area contributed by atoms with E-state index in [9.17, 15) is 4.79 Å². The maximum atomic E-state index is 12.6. The van der Waals surface area contributed by atoms with Crippen LogP contribution < -0.4 is 14.8 Å². The average molecular weight is 443 g/mol. The molecule has 0 fully saturated rings. The molecule has 1 aliphatic rings. The predicted molar refractivity (Wildman–Crippen MR) is 117 cm³/mol. The van der Waals surface area contributed by atoms with Crippen molar-refractivity contribution in [2.75, 3.05) is 19.0 Å². The van der Waals surface area contributed by atoms with Gasteiger partial charge in [-0.2, -0.15) is 0 Å². The van der Waals surface area contributed by atoms with E-state index in [4.69, 9.17) is 13.9 Å². The molecule has 1 aromatic carbocycles. The van der Waals surface area contributed by atoms with Crippen LogP contribution in [-0.2, 0) is 11.3 Å². The molecular formula is C22H26N4O4S. The van der Waals surface area contributed by atoms with Crippen LogP contribution in [0.2, 0.25) is 0 Å². The van der Waals surface area contributed by atoms with Gasteiger partial charge in [0.05, 0.1) is 24.6 Å². The third-order valence-electron chi connectivity index (χ3n) is 4.93. The van der Waals surface area contributed by atoms with Crippen LogP contribution in [0.25, 0.3) is 0 Å². The van der Waals surface area contributed by atoms with Gasteiger partial charge in [-0.05, 0) is 36.8 Å². The molecule has 4 rings (SSSR count). The fraction of sp³-hybridized carbons (Fsp3) is 0.409. The van der Waals surface area contributed by atoms with E-state index in [-0.39, 0.29) is 23.6 Å². The molecule has 3 heterocycles. The standard InChI is InChI=1S/C22H26N4O4S/c1-14(2)21-24-25-22(26(21)12-17-5-4-8-28-17)31-13-20(27)23-15(3)16-6-7-18-19(11-16)30-10-9-29-18/h4-8,11,14-15H,9-10,12-13H2,1-3H3,(H,23,27)/t15-/m1/s1. The summed E-state index contributed by atoms with van der Waals surface area (Å²) in [5.41, 5.74) is 0.964. The van der Waals surface area contributed by atoms with Gasteiger partial charge < -0.3 is 19.2 Å². The lowest BCUT2D eigenvalue weighted by molar-refractivity contribution is -0.119. The van der Waals surface area contributed by atoms with Crippen molar-refractivity contribution in [3.8, 4) is 11.5 Å². The molecule has 0 unspecified atom stereocenters. The molecular weight excluding hydrogens is 416 g/mol. The van der Waals surface area contributed by atoms with Crippen LogP contribution in [0.3, 0.4) is 0 Å². The number of carbonyl (C=O) groups excluding carboxylic acids is 1. The van der Waals surface area contributed by atoms with Crippen LogP contribution in [-0.4, -0.2) is 39.6 Å². The minimum absolute atomic E-state index is 0.0777. The van der Waals surface area contributed by atoms with E-state index in [0.29, 0.717) is 30.7 Å². The van der Waals surface area contributed by atoms with Gasteiger partial charge in [0.15, 0.2) is 16.7 Å². The minimum atomic E-state index is -0.156. The van der Waals surface area contributed by atoms with Crippen molar-refractivity contribution in [3.63, 3.8) is 0 Å². The summed E-state index contributed by atoms with van der Waals surface area (Å²) in [6.45, 7) is 7.71. The van der Waals surface area contributed by atoms with Crippen LogP contribution in [0.4, 0.5) is 0 Å². The molecule has 0 saturated carbocycles. The predicted octanol–water partition coefficient (Wildman–Crippen LogP) is 3.78. The van der Waals surface area contributed by atoms with Crippen molar-refractivity contribution < 1.29 is 18.7 Å². The normalized spacial score (nSPS) is 13.9. The van der Waals surface area contributed by atoms with E-state index in [1.807, 2.05) is 41.8 Å². The number of hydrogen-bond donors (Lipinski definition) is 1. The molecule has 1 amide bonds. The summed E-state index contributed by atoms with van der Waals surface area (Å²) in [7, 11) is 0. The Morgan fingerprint density at radius 2 is 1.97 bits per heavy atom. The highest BCUT2D eigenvalue weighted by atomic mass is 32.2. The van der Waals surface area contributed by atoms with E-state index in [2.05, 4.69) is 29.4 Å². The fourth-order valence-corrected chi connectivity index (χ4v) is 4.12. The monoisotopic (exact) mass is 442 g/mol. The molecule has 2 aromatic heterocycles. The van der Waals surface area contributed by atoms with Crippen molar-refractivity contribution in [1.82, 2.24) is 20.1 Å². The van der Waals surface area contributed by atoms with Gasteiger partial charge in [-0.15, -0.1) is 10.2 Å². The number of thioether (sulfide) groups is 1. The van der Waals surface area contributed by atoms with Crippen molar-refractivity contribution in [1.29, 1.82) is 0 Å². The van der Waals surface area contributed by atoms with Gasteiger partial charge >= 0.3 is 0 Å². The number of nitrogens with zero attached hydrogens (tertiary/aromatic N) is 3. The van der Waals surface area contributed by atoms with Crippen LogP contribution in [0.1, 0.15) is 49.9 Å². The minimum Gasteiger partial charge on any atom is -0.486 e. The molecule has 0 bridgehead atoms. The van der Waals surface area contributed by atoms with Crippen LogP contribution in [0.5, 0.6) is 11.5 Å². The molecule has 0 aliphatic carbocycles. The quantitative estimate of drug-likeness (QED) is 0.531. The van der Waals surface area contributed by atoms with Crippen molar-refractivity contribution in [2.24, 2.45) is 0 Å². The number of nitrogens with one attached hydrogen (secondary N) is 1. The zero-order valence-electron chi connectivity index (χ0n) is 17.8. The molecule has 0 radical (unpaired) electrons. The zero-order chi connectivity index (χ0) is 21.8. The number of hydrogen-bond acceptors (Lipinski definition) is 7. The summed E-state index contributed by atoms with van der Waals surface area (Å²) in [5, 5.41) is 12.3. The lowest BCUT2D eigenvalue weighted by Crippen LogP contribution is -2.28. The fourth-order valence-electron chi connectivity index (χ4n) is 3.37. The van der Waals surface area contributed by atoms with E-state index >= 15 is 0 Å². The molecule has 1 N–H and O–H groups in total. The second-order valence-electron chi connectivity index (χ2n) is 7.64. The van der Waals surface area contributed by atoms with Crippen molar-refractivity contribution >= 4 is 17.7 Å². The Bertz CT molecular complexity index is 1030. The molecule has 1 aliphatic heterocycles. The van der Waals surface area contributed by atoms with Gasteiger partial charge in [0.2, 0.25) is 5.91 Å². The highest BCUT2D eigenvalue weighted by molar-refractivity contribution is 7.99. The summed E-state index contributed by atoms with van der Waals surface area (Å²) in [5.74, 6) is 3.51. The van der Waals surface area contributed by atoms with Crippen molar-refractivity contribution in [2.45, 2.75) is 44.4 Å². The molecule has 0 spiro atoms. The summed E-state index contributed by atoms with van der Waals surface area (Å²) in [4.78, 5) is 12.6. The SMILES string of the molecule is CC(C)c1nnc(SCC(=O)N[C@H](C)c2ccc3c(c2)OCCO3)n1Cc1ccco1. The van der Waals surface area contributed by atoms with Gasteiger partial charge in [-0.25, -0.2) is 0 Å². The van der Waals surface area contributed by atoms with Gasteiger partial charge in [-0.3, -0.25) is 9.36 Å². The van der Waals surface area contributed by atoms with Crippen LogP contribution >= 0.6 is 11.8 Å². The number of amides is 1. The summed E-state index contributed by atoms with van der Waals surface area (Å²) in [6, 6.07) is 9.36. The van der Waals surface area contributed by atoms with Gasteiger partial charge in [-0.1, -0.05) is 31.7 Å². The Morgan fingerprint density at radius 3 is 2.71 bits per heavy atom. The maximum absolute atomic E-state index is 12.6. The Morgan fingerprint density at radius 1 is 1.16 bits per heavy atom. The first-order valence-corrected chi connectivity index (χ1v) is 11.3. The highest BCUT2D eigenvalue weighted by Gasteiger charge is 2.19. The number of ether oxygens (including phenoxy) is 2. The van der Waals surface area contributed by atoms with E-state index in [1.165, 1.54) is 11.8 Å². The van der Waals surface area contributed by atoms with Gasteiger partial charge in [0, 0.05) is 5.92 Å². The number of benzene rings is 1. The van der Waals surface area contributed by atoms with Gasteiger partial charge in [0.1, 0.15) is 24.8 Å². The maximum Gasteiger partial charge on any atom is 0.230 e. The topological polar surface area (TPSA) is 91.4 Å². The largest absolute Gasteiger partial charge is 0.486 e. The first-order chi connectivity index (χ1) is 15.0. The number of aromatic nitrogens is 3.